The highest BCUT2D eigenvalue weighted by Crippen LogP contribution is 2.17. The van der Waals surface area contributed by atoms with Gasteiger partial charge in [-0.25, -0.2) is 0 Å². The van der Waals surface area contributed by atoms with Crippen LogP contribution in [0.3, 0.4) is 0 Å². The summed E-state index contributed by atoms with van der Waals surface area (Å²) in [6, 6.07) is 15.6. The lowest BCUT2D eigenvalue weighted by atomic mass is 10.1. The van der Waals surface area contributed by atoms with Crippen molar-refractivity contribution >= 4 is 5.78 Å². The summed E-state index contributed by atoms with van der Waals surface area (Å²) < 4.78 is 11.5. The quantitative estimate of drug-likeness (QED) is 0.621. The fraction of sp³-hybridized carbons (Fsp3) is 0.458. The normalized spacial score (nSPS) is 17.4. The predicted molar refractivity (Wildman–Crippen MR) is 113 cm³/mol. The topological polar surface area (TPSA) is 59.0 Å². The molecule has 2 unspecified atom stereocenters. The van der Waals surface area contributed by atoms with Crippen LogP contribution < -0.4 is 4.74 Å². The zero-order valence-corrected chi connectivity index (χ0v) is 17.3. The first kappa shape index (κ1) is 21.5. The zero-order valence-electron chi connectivity index (χ0n) is 17.3. The molecular weight excluding hydrogens is 366 g/mol. The summed E-state index contributed by atoms with van der Waals surface area (Å²) in [5, 5.41) is 10.6. The minimum atomic E-state index is -0.636. The van der Waals surface area contributed by atoms with Gasteiger partial charge in [-0.1, -0.05) is 42.0 Å². The average molecular weight is 398 g/mol. The first-order chi connectivity index (χ1) is 14.0. The molecule has 1 aliphatic heterocycles. The van der Waals surface area contributed by atoms with Crippen LogP contribution >= 0.6 is 0 Å². The van der Waals surface area contributed by atoms with Gasteiger partial charge < -0.3 is 14.6 Å². The van der Waals surface area contributed by atoms with Gasteiger partial charge in [-0.05, 0) is 44.4 Å². The highest BCUT2D eigenvalue weighted by molar-refractivity contribution is 5.94. The van der Waals surface area contributed by atoms with Crippen LogP contribution in [0.1, 0.15) is 41.3 Å². The molecule has 0 radical (unpaired) electrons. The van der Waals surface area contributed by atoms with Gasteiger partial charge in [-0.3, -0.25) is 9.69 Å². The second kappa shape index (κ2) is 10.5. The Balaban J connectivity index is 1.57. The molecule has 2 atom stereocenters. The first-order valence-corrected chi connectivity index (χ1v) is 10.3. The van der Waals surface area contributed by atoms with Gasteiger partial charge in [-0.2, -0.15) is 0 Å². The van der Waals surface area contributed by atoms with Crippen LogP contribution in [0.2, 0.25) is 0 Å². The van der Waals surface area contributed by atoms with Crippen molar-refractivity contribution in [2.75, 3.05) is 26.3 Å². The molecule has 29 heavy (non-hydrogen) atoms. The predicted octanol–water partition coefficient (Wildman–Crippen LogP) is 3.62. The summed E-state index contributed by atoms with van der Waals surface area (Å²) in [7, 11) is 0. The molecule has 0 saturated carbocycles. The Kier molecular flexibility index (Phi) is 7.81. The van der Waals surface area contributed by atoms with Crippen LogP contribution in [0.4, 0.5) is 0 Å². The number of aliphatic hydroxyl groups is 1. The maximum absolute atomic E-state index is 11.5. The standard InChI is InChI=1S/C24H31NO4/c1-18-8-10-20(11-9-18)14-25(16-24-7-4-12-28-24)15-22(27)17-29-23-6-3-5-21(13-23)19(2)26/h3,5-6,8-11,13,22,24,27H,4,7,12,14-17H2,1-2H3. The third-order valence-corrected chi connectivity index (χ3v) is 5.16. The summed E-state index contributed by atoms with van der Waals surface area (Å²) in [6.45, 7) is 6.67. The van der Waals surface area contributed by atoms with Gasteiger partial charge in [0.25, 0.3) is 0 Å². The van der Waals surface area contributed by atoms with E-state index in [2.05, 4.69) is 36.1 Å². The van der Waals surface area contributed by atoms with Crippen molar-refractivity contribution in [1.29, 1.82) is 0 Å². The largest absolute Gasteiger partial charge is 0.491 e. The molecule has 1 N–H and O–H groups in total. The van der Waals surface area contributed by atoms with E-state index in [0.29, 0.717) is 17.9 Å². The SMILES string of the molecule is CC(=O)c1cccc(OCC(O)CN(Cc2ccc(C)cc2)CC2CCCO2)c1. The molecule has 5 heteroatoms. The third kappa shape index (κ3) is 6.96. The summed E-state index contributed by atoms with van der Waals surface area (Å²) >= 11 is 0. The number of hydrogen-bond donors (Lipinski definition) is 1. The van der Waals surface area contributed by atoms with Gasteiger partial charge in [0, 0.05) is 31.8 Å². The van der Waals surface area contributed by atoms with E-state index in [-0.39, 0.29) is 18.5 Å². The van der Waals surface area contributed by atoms with Crippen molar-refractivity contribution in [2.24, 2.45) is 0 Å². The molecule has 5 nitrogen and oxygen atoms in total. The van der Waals surface area contributed by atoms with E-state index < -0.39 is 6.10 Å². The van der Waals surface area contributed by atoms with Crippen molar-refractivity contribution in [3.05, 3.63) is 65.2 Å². The number of rotatable bonds is 10. The molecule has 1 aliphatic rings. The molecular formula is C24H31NO4. The van der Waals surface area contributed by atoms with Crippen LogP contribution in [-0.2, 0) is 11.3 Å². The van der Waals surface area contributed by atoms with Crippen LogP contribution in [0, 0.1) is 6.92 Å². The summed E-state index contributed by atoms with van der Waals surface area (Å²) in [4.78, 5) is 13.8. The fourth-order valence-electron chi connectivity index (χ4n) is 3.58. The number of carbonyl (C=O) groups excluding carboxylic acids is 1. The lowest BCUT2D eigenvalue weighted by Gasteiger charge is -2.27. The average Bonchev–Trinajstić information content (AvgIpc) is 3.21. The first-order valence-electron chi connectivity index (χ1n) is 10.3. The second-order valence-electron chi connectivity index (χ2n) is 7.86. The number of ether oxygens (including phenoxy) is 2. The van der Waals surface area contributed by atoms with Crippen LogP contribution in [0.15, 0.2) is 48.5 Å². The van der Waals surface area contributed by atoms with Gasteiger partial charge >= 0.3 is 0 Å². The molecule has 0 spiro atoms. The molecule has 0 bridgehead atoms. The Bertz CT molecular complexity index is 784. The van der Waals surface area contributed by atoms with Crippen molar-refractivity contribution in [2.45, 2.75) is 45.4 Å². The fourth-order valence-corrected chi connectivity index (χ4v) is 3.58. The Hall–Kier alpha value is -2.21. The number of hydrogen-bond acceptors (Lipinski definition) is 5. The number of ketones is 1. The minimum absolute atomic E-state index is 0.00293. The highest BCUT2D eigenvalue weighted by atomic mass is 16.5. The van der Waals surface area contributed by atoms with Crippen LogP contribution in [-0.4, -0.2) is 54.3 Å². The molecule has 156 valence electrons. The third-order valence-electron chi connectivity index (χ3n) is 5.16. The van der Waals surface area contributed by atoms with Gasteiger partial charge in [0.15, 0.2) is 5.78 Å². The summed E-state index contributed by atoms with van der Waals surface area (Å²) in [6.07, 6.45) is 1.75. The Morgan fingerprint density at radius 1 is 1.28 bits per heavy atom. The van der Waals surface area contributed by atoms with E-state index >= 15 is 0 Å². The van der Waals surface area contributed by atoms with E-state index in [4.69, 9.17) is 9.47 Å². The molecule has 2 aromatic rings. The lowest BCUT2D eigenvalue weighted by Crippen LogP contribution is -2.39. The Morgan fingerprint density at radius 2 is 2.07 bits per heavy atom. The summed E-state index contributed by atoms with van der Waals surface area (Å²) in [5.74, 6) is 0.595. The second-order valence-corrected chi connectivity index (χ2v) is 7.86. The molecule has 0 aromatic heterocycles. The number of carbonyl (C=O) groups is 1. The van der Waals surface area contributed by atoms with Crippen molar-refractivity contribution in [1.82, 2.24) is 4.90 Å². The smallest absolute Gasteiger partial charge is 0.159 e. The lowest BCUT2D eigenvalue weighted by molar-refractivity contribution is 0.0313. The molecule has 1 fully saturated rings. The van der Waals surface area contributed by atoms with Gasteiger partial charge in [0.1, 0.15) is 18.5 Å². The van der Waals surface area contributed by atoms with Crippen LogP contribution in [0.25, 0.3) is 0 Å². The minimum Gasteiger partial charge on any atom is -0.491 e. The highest BCUT2D eigenvalue weighted by Gasteiger charge is 2.21. The number of aliphatic hydroxyl groups excluding tert-OH is 1. The maximum atomic E-state index is 11.5. The van der Waals surface area contributed by atoms with Crippen molar-refractivity contribution in [3.63, 3.8) is 0 Å². The van der Waals surface area contributed by atoms with E-state index in [0.717, 1.165) is 32.5 Å². The maximum Gasteiger partial charge on any atom is 0.159 e. The Labute approximate surface area is 173 Å². The number of Topliss-reactive ketones (excluding diaryl/α,β-unsaturated/α-hetero) is 1. The van der Waals surface area contributed by atoms with E-state index in [1.807, 2.05) is 0 Å². The number of nitrogens with zero attached hydrogens (tertiary/aromatic N) is 1. The number of benzene rings is 2. The molecule has 3 rings (SSSR count). The van der Waals surface area contributed by atoms with Crippen molar-refractivity contribution < 1.29 is 19.4 Å². The Morgan fingerprint density at radius 3 is 2.76 bits per heavy atom. The molecule has 0 aliphatic carbocycles. The molecule has 2 aromatic carbocycles. The van der Waals surface area contributed by atoms with Crippen molar-refractivity contribution in [3.8, 4) is 5.75 Å². The van der Waals surface area contributed by atoms with Crippen LogP contribution in [0.5, 0.6) is 5.75 Å². The zero-order chi connectivity index (χ0) is 20.6. The van der Waals surface area contributed by atoms with Gasteiger partial charge in [0.05, 0.1) is 6.10 Å². The molecule has 1 saturated heterocycles. The molecule has 0 amide bonds. The van der Waals surface area contributed by atoms with E-state index in [1.54, 1.807) is 24.3 Å². The molecule has 1 heterocycles. The number of aryl methyl sites for hydroxylation is 1. The summed E-state index contributed by atoms with van der Waals surface area (Å²) in [5.41, 5.74) is 3.06. The van der Waals surface area contributed by atoms with E-state index in [9.17, 15) is 9.90 Å². The van der Waals surface area contributed by atoms with Gasteiger partial charge in [-0.15, -0.1) is 0 Å². The van der Waals surface area contributed by atoms with E-state index in [1.165, 1.54) is 18.1 Å². The monoisotopic (exact) mass is 397 g/mol. The van der Waals surface area contributed by atoms with Gasteiger partial charge in [0.2, 0.25) is 0 Å².